The summed E-state index contributed by atoms with van der Waals surface area (Å²) in [5, 5.41) is 0. The van der Waals surface area contributed by atoms with Gasteiger partial charge in [-0.05, 0) is 12.3 Å². The van der Waals surface area contributed by atoms with Gasteiger partial charge in [-0.15, -0.1) is 0 Å². The van der Waals surface area contributed by atoms with Crippen LogP contribution in [-0.4, -0.2) is 5.78 Å². The quantitative estimate of drug-likeness (QED) is 0.566. The molecule has 1 nitrogen and oxygen atoms in total. The minimum Gasteiger partial charge on any atom is -0.300 e. The van der Waals surface area contributed by atoms with E-state index in [1.54, 1.807) is 0 Å². The Morgan fingerprint density at radius 2 is 2.11 bits per heavy atom. The molecular weight excluding hydrogens is 112 g/mol. The predicted molar refractivity (Wildman–Crippen MR) is 39.1 cm³/mol. The van der Waals surface area contributed by atoms with Crippen LogP contribution in [0.15, 0.2) is 0 Å². The van der Waals surface area contributed by atoms with Gasteiger partial charge in [0, 0.05) is 12.8 Å². The number of hydrogen-bond donors (Lipinski definition) is 0. The lowest BCUT2D eigenvalue weighted by molar-refractivity contribution is -0.119. The number of Topliss-reactive ketones (excluding diaryl/α,β-unsaturated/α-hetero) is 1. The van der Waals surface area contributed by atoms with Crippen LogP contribution in [0.2, 0.25) is 0 Å². The third-order valence-corrected chi connectivity index (χ3v) is 1.09. The summed E-state index contributed by atoms with van der Waals surface area (Å²) in [5.41, 5.74) is 0. The van der Waals surface area contributed by atoms with Crippen LogP contribution in [0, 0.1) is 12.8 Å². The van der Waals surface area contributed by atoms with Crippen LogP contribution in [0.25, 0.3) is 0 Å². The van der Waals surface area contributed by atoms with Gasteiger partial charge in [-0.2, -0.15) is 0 Å². The molecule has 0 aliphatic rings. The van der Waals surface area contributed by atoms with E-state index in [-0.39, 0.29) is 0 Å². The molecule has 0 fully saturated rings. The van der Waals surface area contributed by atoms with Crippen molar-refractivity contribution in [1.82, 2.24) is 0 Å². The highest BCUT2D eigenvalue weighted by Crippen LogP contribution is 2.03. The maximum atomic E-state index is 10.8. The number of ketones is 1. The van der Waals surface area contributed by atoms with Gasteiger partial charge in [0.25, 0.3) is 0 Å². The third kappa shape index (κ3) is 5.54. The molecule has 0 aromatic carbocycles. The zero-order valence-corrected chi connectivity index (χ0v) is 6.31. The molecule has 53 valence electrons. The van der Waals surface area contributed by atoms with E-state index in [4.69, 9.17) is 0 Å². The summed E-state index contributed by atoms with van der Waals surface area (Å²) in [4.78, 5) is 10.8. The molecule has 0 unspecified atom stereocenters. The molecule has 0 atom stereocenters. The van der Waals surface area contributed by atoms with Crippen molar-refractivity contribution in [2.24, 2.45) is 5.92 Å². The van der Waals surface area contributed by atoms with Crippen molar-refractivity contribution < 1.29 is 4.79 Å². The smallest absolute Gasteiger partial charge is 0.133 e. The second-order valence-electron chi connectivity index (χ2n) is 2.74. The largest absolute Gasteiger partial charge is 0.300 e. The average molecular weight is 127 g/mol. The minimum absolute atomic E-state index is 0.347. The summed E-state index contributed by atoms with van der Waals surface area (Å²) in [7, 11) is 0. The molecular formula is C8H15O. The zero-order chi connectivity index (χ0) is 7.28. The molecule has 0 aliphatic carbocycles. The fourth-order valence-electron chi connectivity index (χ4n) is 0.755. The van der Waals surface area contributed by atoms with Gasteiger partial charge in [0.1, 0.15) is 5.78 Å². The van der Waals surface area contributed by atoms with Gasteiger partial charge in [-0.1, -0.05) is 20.8 Å². The van der Waals surface area contributed by atoms with Gasteiger partial charge in [0.15, 0.2) is 0 Å². The van der Waals surface area contributed by atoms with Crippen molar-refractivity contribution in [2.75, 3.05) is 0 Å². The first-order valence-corrected chi connectivity index (χ1v) is 3.47. The highest BCUT2D eigenvalue weighted by atomic mass is 16.1. The first kappa shape index (κ1) is 8.67. The van der Waals surface area contributed by atoms with Crippen LogP contribution in [0.3, 0.4) is 0 Å². The van der Waals surface area contributed by atoms with Crippen LogP contribution in [0.4, 0.5) is 0 Å². The fraction of sp³-hybridized carbons (Fsp3) is 0.750. The first-order chi connectivity index (χ1) is 4.16. The van der Waals surface area contributed by atoms with E-state index in [1.807, 2.05) is 0 Å². The Balaban J connectivity index is 3.27. The molecule has 0 saturated heterocycles. The number of carbonyl (C=O) groups excluding carboxylic acids is 1. The summed E-state index contributed by atoms with van der Waals surface area (Å²) >= 11 is 0. The maximum Gasteiger partial charge on any atom is 0.133 e. The highest BCUT2D eigenvalue weighted by Gasteiger charge is 2.01. The molecule has 0 heterocycles. The zero-order valence-electron chi connectivity index (χ0n) is 6.31. The van der Waals surface area contributed by atoms with Crippen LogP contribution in [0.5, 0.6) is 0 Å². The maximum absolute atomic E-state index is 10.8. The first-order valence-electron chi connectivity index (χ1n) is 3.47. The lowest BCUT2D eigenvalue weighted by Gasteiger charge is -2.00. The standard InChI is InChI=1S/C8H15O/c1-4-5-8(9)6-7(2)3/h7H,1,4-6H2,2-3H3. The molecule has 0 saturated carbocycles. The van der Waals surface area contributed by atoms with Crippen molar-refractivity contribution in [3.05, 3.63) is 6.92 Å². The lowest BCUT2D eigenvalue weighted by Crippen LogP contribution is -2.01. The number of carbonyl (C=O) groups is 1. The highest BCUT2D eigenvalue weighted by molar-refractivity contribution is 5.78. The Labute approximate surface area is 57.5 Å². The third-order valence-electron chi connectivity index (χ3n) is 1.09. The Kier molecular flexibility index (Phi) is 4.37. The average Bonchev–Trinajstić information content (AvgIpc) is 1.63. The molecule has 0 amide bonds. The van der Waals surface area contributed by atoms with Gasteiger partial charge >= 0.3 is 0 Å². The van der Waals surface area contributed by atoms with Crippen molar-refractivity contribution >= 4 is 5.78 Å². The SMILES string of the molecule is [CH2]CCC(=O)CC(C)C. The van der Waals surface area contributed by atoms with Crippen LogP contribution < -0.4 is 0 Å². The van der Waals surface area contributed by atoms with Crippen LogP contribution in [-0.2, 0) is 4.79 Å². The summed E-state index contributed by atoms with van der Waals surface area (Å²) in [6.07, 6.45) is 2.11. The lowest BCUT2D eigenvalue weighted by atomic mass is 10.0. The molecule has 1 heteroatoms. The van der Waals surface area contributed by atoms with E-state index in [0.717, 1.165) is 12.8 Å². The van der Waals surface area contributed by atoms with Gasteiger partial charge in [0.05, 0.1) is 0 Å². The molecule has 0 aliphatic heterocycles. The Bertz CT molecular complexity index is 84.6. The second-order valence-corrected chi connectivity index (χ2v) is 2.74. The van der Waals surface area contributed by atoms with Crippen molar-refractivity contribution in [3.63, 3.8) is 0 Å². The van der Waals surface area contributed by atoms with Crippen molar-refractivity contribution in [2.45, 2.75) is 33.1 Å². The molecule has 1 radical (unpaired) electrons. The Hall–Kier alpha value is -0.330. The summed E-state index contributed by atoms with van der Waals surface area (Å²) in [5.74, 6) is 0.851. The van der Waals surface area contributed by atoms with E-state index in [9.17, 15) is 4.79 Å². The van der Waals surface area contributed by atoms with Gasteiger partial charge in [-0.3, -0.25) is 4.79 Å². The molecule has 0 spiro atoms. The van der Waals surface area contributed by atoms with E-state index in [1.165, 1.54) is 0 Å². The normalized spacial score (nSPS) is 10.2. The molecule has 0 bridgehead atoms. The molecule has 0 N–H and O–H groups in total. The van der Waals surface area contributed by atoms with Gasteiger partial charge in [-0.25, -0.2) is 0 Å². The van der Waals surface area contributed by atoms with Crippen molar-refractivity contribution in [1.29, 1.82) is 0 Å². The minimum atomic E-state index is 0.347. The molecule has 0 aromatic rings. The van der Waals surface area contributed by atoms with E-state index in [0.29, 0.717) is 18.1 Å². The fourth-order valence-corrected chi connectivity index (χ4v) is 0.755. The summed E-state index contributed by atoms with van der Waals surface area (Å²) in [6.45, 7) is 7.73. The Morgan fingerprint density at radius 1 is 1.56 bits per heavy atom. The number of hydrogen-bond acceptors (Lipinski definition) is 1. The molecule has 0 rings (SSSR count). The van der Waals surface area contributed by atoms with Gasteiger partial charge < -0.3 is 0 Å². The van der Waals surface area contributed by atoms with Gasteiger partial charge in [0.2, 0.25) is 0 Å². The monoisotopic (exact) mass is 127 g/mol. The second kappa shape index (κ2) is 4.54. The van der Waals surface area contributed by atoms with Crippen LogP contribution in [0.1, 0.15) is 33.1 Å². The predicted octanol–water partition coefficient (Wildman–Crippen LogP) is 2.22. The van der Waals surface area contributed by atoms with E-state index >= 15 is 0 Å². The molecule has 9 heavy (non-hydrogen) atoms. The van der Waals surface area contributed by atoms with Crippen molar-refractivity contribution in [3.8, 4) is 0 Å². The summed E-state index contributed by atoms with van der Waals surface area (Å²) < 4.78 is 0. The van der Waals surface area contributed by atoms with E-state index < -0.39 is 0 Å². The Morgan fingerprint density at radius 3 is 2.44 bits per heavy atom. The summed E-state index contributed by atoms with van der Waals surface area (Å²) in [6, 6.07) is 0. The number of rotatable bonds is 4. The van der Waals surface area contributed by atoms with Crippen LogP contribution >= 0.6 is 0 Å². The van der Waals surface area contributed by atoms with E-state index in [2.05, 4.69) is 20.8 Å². The molecule has 0 aromatic heterocycles. The topological polar surface area (TPSA) is 17.1 Å².